The topological polar surface area (TPSA) is 157 Å². The van der Waals surface area contributed by atoms with E-state index >= 15 is 0 Å². The molecule has 2 aliphatic heterocycles. The predicted octanol–water partition coefficient (Wildman–Crippen LogP) is -0.388. The van der Waals surface area contributed by atoms with E-state index in [1.165, 1.54) is 12.1 Å². The average molecular weight is 404 g/mol. The van der Waals surface area contributed by atoms with E-state index in [0.717, 1.165) is 4.90 Å². The summed E-state index contributed by atoms with van der Waals surface area (Å²) in [6.45, 7) is 0.979. The third kappa shape index (κ3) is 4.51. The van der Waals surface area contributed by atoms with Crippen LogP contribution in [0.3, 0.4) is 0 Å². The maximum Gasteiger partial charge on any atom is 0.404 e. The predicted molar refractivity (Wildman–Crippen MR) is 98.0 cm³/mol. The van der Waals surface area contributed by atoms with Gasteiger partial charge in [-0.1, -0.05) is 0 Å². The van der Waals surface area contributed by atoms with E-state index in [1.807, 2.05) is 0 Å². The van der Waals surface area contributed by atoms with Gasteiger partial charge in [-0.05, 0) is 24.6 Å². The standard InChI is InChI=1S/C18H20N4O7/c19-18(27)29-8-7-28-6-5-20-10-1-2-11-12(9-10)17(26)22(16(11)25)13-3-4-14(23)21-15(13)24/h1-2,9,13,20H,3-8H2,(H2,19,27)(H,21,23,24). The second-order valence-corrected chi connectivity index (χ2v) is 6.41. The average Bonchev–Trinajstić information content (AvgIpc) is 2.91. The SMILES string of the molecule is NC(=O)OCCOCCNc1ccc2c(c1)C(=O)N(C1CCC(=O)NC1=O)C2=O. The normalized spacial score (nSPS) is 18.5. The number of piperidine rings is 1. The molecule has 4 N–H and O–H groups in total. The Kier molecular flexibility index (Phi) is 6.07. The van der Waals surface area contributed by atoms with E-state index in [9.17, 15) is 24.0 Å². The molecule has 1 unspecified atom stereocenters. The summed E-state index contributed by atoms with van der Waals surface area (Å²) in [7, 11) is 0. The fraction of sp³-hybridized carbons (Fsp3) is 0.389. The molecule has 1 aromatic carbocycles. The number of nitrogens with one attached hydrogen (secondary N) is 2. The quantitative estimate of drug-likeness (QED) is 0.390. The highest BCUT2D eigenvalue weighted by Gasteiger charge is 2.44. The fourth-order valence-corrected chi connectivity index (χ4v) is 3.15. The van der Waals surface area contributed by atoms with Crippen LogP contribution in [0.15, 0.2) is 18.2 Å². The number of nitrogens with zero attached hydrogens (tertiary/aromatic N) is 1. The Balaban J connectivity index is 1.57. The molecule has 1 aromatic rings. The van der Waals surface area contributed by atoms with Gasteiger partial charge in [-0.15, -0.1) is 0 Å². The number of fused-ring (bicyclic) bond motifs is 1. The molecule has 3 rings (SSSR count). The molecule has 1 fully saturated rings. The van der Waals surface area contributed by atoms with Gasteiger partial charge in [0, 0.05) is 18.7 Å². The third-order valence-corrected chi connectivity index (χ3v) is 4.49. The van der Waals surface area contributed by atoms with Gasteiger partial charge >= 0.3 is 6.09 Å². The number of amides is 5. The van der Waals surface area contributed by atoms with Crippen molar-refractivity contribution >= 4 is 35.4 Å². The van der Waals surface area contributed by atoms with Gasteiger partial charge in [0.25, 0.3) is 11.8 Å². The minimum absolute atomic E-state index is 0.0565. The van der Waals surface area contributed by atoms with Crippen molar-refractivity contribution in [2.24, 2.45) is 5.73 Å². The van der Waals surface area contributed by atoms with Gasteiger partial charge in [0.05, 0.1) is 24.3 Å². The Hall–Kier alpha value is -3.47. The van der Waals surface area contributed by atoms with Crippen LogP contribution in [-0.4, -0.2) is 67.0 Å². The van der Waals surface area contributed by atoms with Crippen molar-refractivity contribution in [1.29, 1.82) is 0 Å². The van der Waals surface area contributed by atoms with Gasteiger partial charge in [0.15, 0.2) is 0 Å². The molecule has 1 saturated heterocycles. The number of ether oxygens (including phenoxy) is 2. The molecule has 11 heteroatoms. The molecule has 0 aromatic heterocycles. The number of imide groups is 2. The first-order chi connectivity index (χ1) is 13.9. The van der Waals surface area contributed by atoms with Gasteiger partial charge in [0.2, 0.25) is 11.8 Å². The van der Waals surface area contributed by atoms with Crippen molar-refractivity contribution in [3.8, 4) is 0 Å². The Bertz CT molecular complexity index is 870. The molecule has 0 radical (unpaired) electrons. The summed E-state index contributed by atoms with van der Waals surface area (Å²) in [5.74, 6) is -2.18. The van der Waals surface area contributed by atoms with Crippen LogP contribution in [-0.2, 0) is 19.1 Å². The van der Waals surface area contributed by atoms with Crippen molar-refractivity contribution in [3.63, 3.8) is 0 Å². The molecule has 11 nitrogen and oxygen atoms in total. The van der Waals surface area contributed by atoms with Crippen LogP contribution in [0.1, 0.15) is 33.6 Å². The third-order valence-electron chi connectivity index (χ3n) is 4.49. The maximum absolute atomic E-state index is 12.7. The number of benzene rings is 1. The summed E-state index contributed by atoms with van der Waals surface area (Å²) in [6, 6.07) is 3.71. The lowest BCUT2D eigenvalue weighted by Gasteiger charge is -2.27. The number of anilines is 1. The highest BCUT2D eigenvalue weighted by molar-refractivity contribution is 6.23. The number of carbonyl (C=O) groups is 5. The van der Waals surface area contributed by atoms with Gasteiger partial charge in [0.1, 0.15) is 12.6 Å². The van der Waals surface area contributed by atoms with Crippen LogP contribution >= 0.6 is 0 Å². The largest absolute Gasteiger partial charge is 0.447 e. The number of carbonyl (C=O) groups excluding carboxylic acids is 5. The smallest absolute Gasteiger partial charge is 0.404 e. The molecule has 2 heterocycles. The molecule has 0 aliphatic carbocycles. The lowest BCUT2D eigenvalue weighted by atomic mass is 10.0. The Morgan fingerprint density at radius 2 is 1.90 bits per heavy atom. The minimum Gasteiger partial charge on any atom is -0.447 e. The van der Waals surface area contributed by atoms with Crippen molar-refractivity contribution in [2.75, 3.05) is 31.7 Å². The molecule has 0 spiro atoms. The molecule has 2 aliphatic rings. The zero-order valence-corrected chi connectivity index (χ0v) is 15.4. The van der Waals surface area contributed by atoms with Crippen molar-refractivity contribution in [3.05, 3.63) is 29.3 Å². The number of nitrogens with two attached hydrogens (primary N) is 1. The lowest BCUT2D eigenvalue weighted by Crippen LogP contribution is -2.54. The van der Waals surface area contributed by atoms with Crippen LogP contribution in [0.25, 0.3) is 0 Å². The van der Waals surface area contributed by atoms with Crippen LogP contribution in [0.2, 0.25) is 0 Å². The summed E-state index contributed by atoms with van der Waals surface area (Å²) >= 11 is 0. The number of hydrogen-bond donors (Lipinski definition) is 3. The molecule has 1 atom stereocenters. The fourth-order valence-electron chi connectivity index (χ4n) is 3.15. The Labute approximate surface area is 165 Å². The lowest BCUT2D eigenvalue weighted by molar-refractivity contribution is -0.136. The Morgan fingerprint density at radius 3 is 2.62 bits per heavy atom. The van der Waals surface area contributed by atoms with Crippen molar-refractivity contribution in [1.82, 2.24) is 10.2 Å². The van der Waals surface area contributed by atoms with E-state index in [-0.39, 0.29) is 37.2 Å². The summed E-state index contributed by atoms with van der Waals surface area (Å²) in [5, 5.41) is 5.21. The van der Waals surface area contributed by atoms with E-state index in [0.29, 0.717) is 18.8 Å². The van der Waals surface area contributed by atoms with Gasteiger partial charge in [-0.3, -0.25) is 29.4 Å². The highest BCUT2D eigenvalue weighted by Crippen LogP contribution is 2.29. The summed E-state index contributed by atoms with van der Waals surface area (Å²) in [4.78, 5) is 60.0. The van der Waals surface area contributed by atoms with Gasteiger partial charge in [-0.25, -0.2) is 4.79 Å². The van der Waals surface area contributed by atoms with Gasteiger partial charge < -0.3 is 20.5 Å². The summed E-state index contributed by atoms with van der Waals surface area (Å²) < 4.78 is 9.78. The first-order valence-electron chi connectivity index (χ1n) is 8.98. The molecule has 154 valence electrons. The maximum atomic E-state index is 12.7. The molecular weight excluding hydrogens is 384 g/mol. The first-order valence-corrected chi connectivity index (χ1v) is 8.98. The van der Waals surface area contributed by atoms with E-state index in [1.54, 1.807) is 6.07 Å². The second-order valence-electron chi connectivity index (χ2n) is 6.41. The highest BCUT2D eigenvalue weighted by atomic mass is 16.6. The zero-order valence-electron chi connectivity index (χ0n) is 15.4. The van der Waals surface area contributed by atoms with Crippen molar-refractivity contribution < 1.29 is 33.4 Å². The van der Waals surface area contributed by atoms with Crippen LogP contribution < -0.4 is 16.4 Å². The molecule has 0 saturated carbocycles. The number of hydrogen-bond acceptors (Lipinski definition) is 8. The minimum atomic E-state index is -0.993. The molecule has 5 amide bonds. The Morgan fingerprint density at radius 1 is 1.14 bits per heavy atom. The van der Waals surface area contributed by atoms with Crippen molar-refractivity contribution in [2.45, 2.75) is 18.9 Å². The summed E-state index contributed by atoms with van der Waals surface area (Å²) in [5.41, 5.74) is 5.84. The van der Waals surface area contributed by atoms with Gasteiger partial charge in [-0.2, -0.15) is 0 Å². The second kappa shape index (κ2) is 8.69. The van der Waals surface area contributed by atoms with E-state index in [4.69, 9.17) is 10.5 Å². The molecule has 29 heavy (non-hydrogen) atoms. The number of primary amides is 1. The number of rotatable bonds is 8. The van der Waals surface area contributed by atoms with Crippen LogP contribution in [0.5, 0.6) is 0 Å². The first kappa shape index (κ1) is 20.3. The van der Waals surface area contributed by atoms with Crippen LogP contribution in [0.4, 0.5) is 10.5 Å². The summed E-state index contributed by atoms with van der Waals surface area (Å²) in [6.07, 6.45) is -0.686. The monoisotopic (exact) mass is 404 g/mol. The van der Waals surface area contributed by atoms with E-state index < -0.39 is 35.8 Å². The molecular formula is C18H20N4O7. The van der Waals surface area contributed by atoms with Crippen LogP contribution in [0, 0.1) is 0 Å². The van der Waals surface area contributed by atoms with E-state index in [2.05, 4.69) is 15.4 Å². The molecule has 0 bridgehead atoms. The zero-order chi connectivity index (χ0) is 21.0.